The van der Waals surface area contributed by atoms with Crippen LogP contribution in [-0.4, -0.2) is 79.7 Å². The number of β-amino-alcohol motifs (C(OH)–C–C–N with tert-alkyl or cyclic N) is 1. The fraction of sp³-hybridized carbons (Fsp3) is 0.562. The van der Waals surface area contributed by atoms with Crippen molar-refractivity contribution in [1.29, 1.82) is 0 Å². The summed E-state index contributed by atoms with van der Waals surface area (Å²) in [6, 6.07) is 8.15. The molecule has 2 heterocycles. The number of aliphatic hydroxyl groups excluding tert-OH is 2. The van der Waals surface area contributed by atoms with Gasteiger partial charge < -0.3 is 30.1 Å². The minimum atomic E-state index is -0.755. The largest absolute Gasteiger partial charge is 0.394 e. The van der Waals surface area contributed by atoms with Crippen LogP contribution in [0, 0.1) is 0 Å². The number of hydrogen-bond donors (Lipinski definition) is 3. The molecule has 0 spiro atoms. The monoisotopic (exact) mass is 320 g/mol. The average Bonchev–Trinajstić information content (AvgIpc) is 3.03. The van der Waals surface area contributed by atoms with Gasteiger partial charge in [-0.2, -0.15) is 0 Å². The van der Waals surface area contributed by atoms with Gasteiger partial charge >= 0.3 is 0 Å². The van der Waals surface area contributed by atoms with Gasteiger partial charge in [-0.1, -0.05) is 12.1 Å². The maximum atomic E-state index is 9.66. The molecule has 1 aromatic carbocycles. The number of nitrogens with zero attached hydrogens (tertiary/aromatic N) is 3. The molecule has 1 fully saturated rings. The van der Waals surface area contributed by atoms with Gasteiger partial charge in [0.25, 0.3) is 0 Å². The van der Waals surface area contributed by atoms with E-state index in [4.69, 9.17) is 9.84 Å². The molecule has 23 heavy (non-hydrogen) atoms. The summed E-state index contributed by atoms with van der Waals surface area (Å²) >= 11 is 0. The zero-order chi connectivity index (χ0) is 16.1. The summed E-state index contributed by atoms with van der Waals surface area (Å²) in [6.07, 6.45) is -0.755. The number of hydrogen-bond acceptors (Lipinski definition) is 7. The Kier molecular flexibility index (Phi) is 5.32. The maximum Gasteiger partial charge on any atom is 0.198 e. The molecule has 0 aliphatic carbocycles. The van der Waals surface area contributed by atoms with Crippen molar-refractivity contribution >= 4 is 17.3 Å². The Labute approximate surface area is 136 Å². The van der Waals surface area contributed by atoms with Gasteiger partial charge in [-0.3, -0.25) is 4.99 Å². The maximum absolute atomic E-state index is 9.66. The van der Waals surface area contributed by atoms with Crippen LogP contribution in [-0.2, 0) is 4.74 Å². The average molecular weight is 320 g/mol. The molecular weight excluding hydrogens is 296 g/mol. The summed E-state index contributed by atoms with van der Waals surface area (Å²) in [5.41, 5.74) is 2.13. The highest BCUT2D eigenvalue weighted by atomic mass is 16.5. The number of anilines is 2. The SMILES string of the molecule is OCC(O)CN1CCN=C1Nc1ccccc1N1CCOCC1. The highest BCUT2D eigenvalue weighted by molar-refractivity contribution is 5.97. The first-order chi connectivity index (χ1) is 11.3. The van der Waals surface area contributed by atoms with Crippen molar-refractivity contribution in [2.75, 3.05) is 62.8 Å². The number of guanidine groups is 1. The molecule has 1 aromatic rings. The standard InChI is InChI=1S/C16H24N4O3/c21-12-13(22)11-20-6-5-17-16(20)18-14-3-1-2-4-15(14)19-7-9-23-10-8-19/h1-4,13,21-22H,5-12H2,(H,17,18). The molecule has 1 unspecified atom stereocenters. The fourth-order valence-corrected chi connectivity index (χ4v) is 2.87. The summed E-state index contributed by atoms with van der Waals surface area (Å²) < 4.78 is 5.42. The number of morpholine rings is 1. The molecule has 0 saturated carbocycles. The summed E-state index contributed by atoms with van der Waals surface area (Å²) in [5, 5.41) is 22.1. The molecule has 126 valence electrons. The first-order valence-electron chi connectivity index (χ1n) is 8.05. The molecule has 7 heteroatoms. The van der Waals surface area contributed by atoms with Crippen LogP contribution in [0.5, 0.6) is 0 Å². The number of para-hydroxylation sites is 2. The van der Waals surface area contributed by atoms with Crippen molar-refractivity contribution in [2.24, 2.45) is 4.99 Å². The Balaban J connectivity index is 1.72. The first kappa shape index (κ1) is 16.0. The second-order valence-corrected chi connectivity index (χ2v) is 5.73. The van der Waals surface area contributed by atoms with Gasteiger partial charge in [0.05, 0.1) is 43.8 Å². The van der Waals surface area contributed by atoms with Crippen LogP contribution in [0.15, 0.2) is 29.3 Å². The van der Waals surface area contributed by atoms with E-state index in [-0.39, 0.29) is 6.61 Å². The Hall–Kier alpha value is -1.83. The zero-order valence-electron chi connectivity index (χ0n) is 13.2. The lowest BCUT2D eigenvalue weighted by Gasteiger charge is -2.31. The van der Waals surface area contributed by atoms with E-state index in [1.54, 1.807) is 0 Å². The third-order valence-corrected chi connectivity index (χ3v) is 4.08. The van der Waals surface area contributed by atoms with Crippen molar-refractivity contribution < 1.29 is 14.9 Å². The van der Waals surface area contributed by atoms with E-state index >= 15 is 0 Å². The van der Waals surface area contributed by atoms with E-state index in [1.807, 2.05) is 23.1 Å². The first-order valence-corrected chi connectivity index (χ1v) is 8.05. The van der Waals surface area contributed by atoms with E-state index in [9.17, 15) is 5.11 Å². The van der Waals surface area contributed by atoms with E-state index in [1.165, 1.54) is 0 Å². The number of aliphatic hydroxyl groups is 2. The number of aliphatic imine (C=N–C) groups is 1. The Morgan fingerprint density at radius 3 is 2.78 bits per heavy atom. The van der Waals surface area contributed by atoms with Crippen LogP contribution in [0.4, 0.5) is 11.4 Å². The summed E-state index contributed by atoms with van der Waals surface area (Å²) in [4.78, 5) is 8.75. The van der Waals surface area contributed by atoms with Crippen LogP contribution < -0.4 is 10.2 Å². The Morgan fingerprint density at radius 2 is 2.00 bits per heavy atom. The van der Waals surface area contributed by atoms with E-state index in [2.05, 4.69) is 21.3 Å². The third kappa shape index (κ3) is 3.93. The molecule has 2 aliphatic rings. The van der Waals surface area contributed by atoms with Crippen LogP contribution in [0.2, 0.25) is 0 Å². The molecule has 0 aromatic heterocycles. The molecule has 3 N–H and O–H groups in total. The van der Waals surface area contributed by atoms with Crippen LogP contribution in [0.1, 0.15) is 0 Å². The van der Waals surface area contributed by atoms with Crippen LogP contribution in [0.25, 0.3) is 0 Å². The summed E-state index contributed by atoms with van der Waals surface area (Å²) in [7, 11) is 0. The minimum Gasteiger partial charge on any atom is -0.394 e. The van der Waals surface area contributed by atoms with Gasteiger partial charge in [0.1, 0.15) is 0 Å². The number of benzene rings is 1. The van der Waals surface area contributed by atoms with Gasteiger partial charge in [-0.15, -0.1) is 0 Å². The van der Waals surface area contributed by atoms with E-state index in [0.717, 1.165) is 50.2 Å². The predicted octanol–water partition coefficient (Wildman–Crippen LogP) is -0.0401. The molecule has 0 bridgehead atoms. The number of ether oxygens (including phenoxy) is 1. The lowest BCUT2D eigenvalue weighted by Crippen LogP contribution is -2.40. The molecule has 7 nitrogen and oxygen atoms in total. The smallest absolute Gasteiger partial charge is 0.198 e. The normalized spacial score (nSPS) is 19.7. The van der Waals surface area contributed by atoms with Gasteiger partial charge in [0.15, 0.2) is 5.96 Å². The van der Waals surface area contributed by atoms with Crippen molar-refractivity contribution in [3.05, 3.63) is 24.3 Å². The Morgan fingerprint density at radius 1 is 1.22 bits per heavy atom. The summed E-state index contributed by atoms with van der Waals surface area (Å²) in [6.45, 7) is 4.81. The lowest BCUT2D eigenvalue weighted by molar-refractivity contribution is 0.0782. The van der Waals surface area contributed by atoms with Gasteiger partial charge in [0, 0.05) is 26.2 Å². The fourth-order valence-electron chi connectivity index (χ4n) is 2.87. The van der Waals surface area contributed by atoms with E-state index in [0.29, 0.717) is 13.1 Å². The van der Waals surface area contributed by atoms with Gasteiger partial charge in [-0.25, -0.2) is 0 Å². The lowest BCUT2D eigenvalue weighted by atomic mass is 10.2. The molecule has 3 rings (SSSR count). The van der Waals surface area contributed by atoms with Crippen molar-refractivity contribution in [3.63, 3.8) is 0 Å². The van der Waals surface area contributed by atoms with Crippen LogP contribution >= 0.6 is 0 Å². The van der Waals surface area contributed by atoms with Gasteiger partial charge in [0.2, 0.25) is 0 Å². The Bertz CT molecular complexity index is 546. The second kappa shape index (κ2) is 7.63. The molecule has 1 saturated heterocycles. The van der Waals surface area contributed by atoms with Crippen LogP contribution in [0.3, 0.4) is 0 Å². The molecule has 1 atom stereocenters. The molecule has 0 amide bonds. The second-order valence-electron chi connectivity index (χ2n) is 5.73. The molecule has 0 radical (unpaired) electrons. The van der Waals surface area contributed by atoms with Gasteiger partial charge in [-0.05, 0) is 12.1 Å². The predicted molar refractivity (Wildman–Crippen MR) is 90.1 cm³/mol. The highest BCUT2D eigenvalue weighted by Crippen LogP contribution is 2.27. The van der Waals surface area contributed by atoms with Crippen molar-refractivity contribution in [1.82, 2.24) is 4.90 Å². The highest BCUT2D eigenvalue weighted by Gasteiger charge is 2.22. The summed E-state index contributed by atoms with van der Waals surface area (Å²) in [5.74, 6) is 0.748. The quantitative estimate of drug-likeness (QED) is 0.706. The zero-order valence-corrected chi connectivity index (χ0v) is 13.2. The number of rotatable bonds is 5. The molecular formula is C16H24N4O3. The topological polar surface area (TPSA) is 80.6 Å². The van der Waals surface area contributed by atoms with E-state index < -0.39 is 6.10 Å². The third-order valence-electron chi connectivity index (χ3n) is 4.08. The minimum absolute atomic E-state index is 0.242. The van der Waals surface area contributed by atoms with Crippen molar-refractivity contribution in [3.8, 4) is 0 Å². The number of nitrogens with one attached hydrogen (secondary N) is 1. The molecule has 2 aliphatic heterocycles. The van der Waals surface area contributed by atoms with Crippen molar-refractivity contribution in [2.45, 2.75) is 6.10 Å².